The van der Waals surface area contributed by atoms with Gasteiger partial charge in [0.25, 0.3) is 0 Å². The number of carbonyl (C=O) groups is 1. The lowest BCUT2D eigenvalue weighted by atomic mass is 10.2. The van der Waals surface area contributed by atoms with Crippen molar-refractivity contribution in [3.05, 3.63) is 36.4 Å². The van der Waals surface area contributed by atoms with Crippen LogP contribution < -0.4 is 9.64 Å². The van der Waals surface area contributed by atoms with Crippen LogP contribution in [-0.2, 0) is 18.3 Å². The molecule has 2 aromatic heterocycles. The number of rotatable bonds is 4. The van der Waals surface area contributed by atoms with E-state index in [0.29, 0.717) is 24.5 Å². The molecule has 1 amide bonds. The quantitative estimate of drug-likeness (QED) is 0.832. The Balaban J connectivity index is 1.58. The number of hydrogen-bond acceptors (Lipinski definition) is 5. The van der Waals surface area contributed by atoms with Gasteiger partial charge in [0, 0.05) is 45.6 Å². The van der Waals surface area contributed by atoms with E-state index in [1.165, 1.54) is 0 Å². The topological polar surface area (TPSA) is 63.5 Å². The Morgan fingerprint density at radius 1 is 1.30 bits per heavy atom. The summed E-state index contributed by atoms with van der Waals surface area (Å²) in [5.41, 5.74) is 1.79. The zero-order valence-electron chi connectivity index (χ0n) is 13.5. The van der Waals surface area contributed by atoms with Crippen LogP contribution in [0.5, 0.6) is 5.75 Å². The first-order chi connectivity index (χ1) is 11.2. The zero-order valence-corrected chi connectivity index (χ0v) is 13.5. The number of methoxy groups -OCH3 is 1. The molecule has 0 aliphatic carbocycles. The summed E-state index contributed by atoms with van der Waals surface area (Å²) in [5.74, 6) is 0.752. The molecule has 0 N–H and O–H groups in total. The number of nitrogens with zero attached hydrogens (tertiary/aromatic N) is 5. The molecule has 3 heterocycles. The minimum atomic E-state index is 0.0906. The summed E-state index contributed by atoms with van der Waals surface area (Å²) in [7, 11) is 3.50. The Hall–Kier alpha value is -2.57. The fourth-order valence-corrected chi connectivity index (χ4v) is 2.78. The highest BCUT2D eigenvalue weighted by Gasteiger charge is 2.23. The van der Waals surface area contributed by atoms with Gasteiger partial charge in [-0.25, -0.2) is 0 Å². The Labute approximate surface area is 135 Å². The first-order valence-corrected chi connectivity index (χ1v) is 7.66. The SMILES string of the molecule is COc1cccnc1CC(=O)N1CCN(c2cnn(C)c2)CC1. The van der Waals surface area contributed by atoms with Gasteiger partial charge < -0.3 is 14.5 Å². The third kappa shape index (κ3) is 3.44. The minimum absolute atomic E-state index is 0.0906. The first-order valence-electron chi connectivity index (χ1n) is 7.66. The van der Waals surface area contributed by atoms with Gasteiger partial charge in [-0.2, -0.15) is 5.10 Å². The van der Waals surface area contributed by atoms with Crippen molar-refractivity contribution >= 4 is 11.6 Å². The Kier molecular flexibility index (Phi) is 4.45. The van der Waals surface area contributed by atoms with E-state index < -0.39 is 0 Å². The average Bonchev–Trinajstić information content (AvgIpc) is 3.02. The van der Waals surface area contributed by atoms with Crippen molar-refractivity contribution < 1.29 is 9.53 Å². The second kappa shape index (κ2) is 6.68. The molecule has 1 fully saturated rings. The predicted molar refractivity (Wildman–Crippen MR) is 86.5 cm³/mol. The fraction of sp³-hybridized carbons (Fsp3) is 0.438. The molecule has 0 saturated carbocycles. The molecule has 0 atom stereocenters. The number of ether oxygens (including phenoxy) is 1. The lowest BCUT2D eigenvalue weighted by molar-refractivity contribution is -0.130. The Bertz CT molecular complexity index is 677. The Morgan fingerprint density at radius 2 is 2.09 bits per heavy atom. The molecule has 23 heavy (non-hydrogen) atoms. The second-order valence-electron chi connectivity index (χ2n) is 5.57. The second-order valence-corrected chi connectivity index (χ2v) is 5.57. The van der Waals surface area contributed by atoms with E-state index in [9.17, 15) is 4.79 Å². The van der Waals surface area contributed by atoms with Crippen LogP contribution in [0.25, 0.3) is 0 Å². The summed E-state index contributed by atoms with van der Waals surface area (Å²) in [6.07, 6.45) is 5.81. The van der Waals surface area contributed by atoms with Gasteiger partial charge in [0.15, 0.2) is 0 Å². The minimum Gasteiger partial charge on any atom is -0.495 e. The van der Waals surface area contributed by atoms with Crippen LogP contribution in [0.1, 0.15) is 5.69 Å². The number of carbonyl (C=O) groups excluding carboxylic acids is 1. The molecule has 0 radical (unpaired) electrons. The van der Waals surface area contributed by atoms with Crippen molar-refractivity contribution in [2.75, 3.05) is 38.2 Å². The van der Waals surface area contributed by atoms with E-state index in [1.807, 2.05) is 30.4 Å². The summed E-state index contributed by atoms with van der Waals surface area (Å²) in [4.78, 5) is 20.9. The van der Waals surface area contributed by atoms with Gasteiger partial charge in [-0.05, 0) is 12.1 Å². The normalized spacial score (nSPS) is 14.9. The highest BCUT2D eigenvalue weighted by molar-refractivity contribution is 5.79. The molecule has 7 nitrogen and oxygen atoms in total. The number of hydrogen-bond donors (Lipinski definition) is 0. The van der Waals surface area contributed by atoms with E-state index in [0.717, 1.165) is 18.8 Å². The largest absolute Gasteiger partial charge is 0.495 e. The molecule has 1 aliphatic rings. The maximum atomic E-state index is 12.5. The summed E-state index contributed by atoms with van der Waals surface area (Å²) < 4.78 is 7.05. The number of aryl methyl sites for hydroxylation is 1. The van der Waals surface area contributed by atoms with Crippen molar-refractivity contribution in [3.8, 4) is 5.75 Å². The van der Waals surface area contributed by atoms with Crippen LogP contribution in [0.2, 0.25) is 0 Å². The molecular formula is C16H21N5O2. The number of aromatic nitrogens is 3. The lowest BCUT2D eigenvalue weighted by Gasteiger charge is -2.35. The average molecular weight is 315 g/mol. The first kappa shape index (κ1) is 15.3. The summed E-state index contributed by atoms with van der Waals surface area (Å²) in [6, 6.07) is 3.63. The van der Waals surface area contributed by atoms with Crippen LogP contribution in [0, 0.1) is 0 Å². The van der Waals surface area contributed by atoms with Crippen molar-refractivity contribution in [3.63, 3.8) is 0 Å². The van der Waals surface area contributed by atoms with E-state index >= 15 is 0 Å². The number of pyridine rings is 1. The highest BCUT2D eigenvalue weighted by Crippen LogP contribution is 2.18. The standard InChI is InChI=1S/C16H21N5O2/c1-19-12-13(11-18-19)20-6-8-21(9-7-20)16(22)10-14-15(23-2)4-3-5-17-14/h3-5,11-12H,6-10H2,1-2H3. The number of amides is 1. The van der Waals surface area contributed by atoms with Crippen LogP contribution in [0.3, 0.4) is 0 Å². The molecule has 2 aromatic rings. The maximum Gasteiger partial charge on any atom is 0.228 e. The summed E-state index contributed by atoms with van der Waals surface area (Å²) in [6.45, 7) is 3.05. The van der Waals surface area contributed by atoms with Gasteiger partial charge in [0.05, 0.1) is 31.1 Å². The van der Waals surface area contributed by atoms with Gasteiger partial charge in [-0.15, -0.1) is 0 Å². The van der Waals surface area contributed by atoms with Crippen molar-refractivity contribution in [1.82, 2.24) is 19.7 Å². The van der Waals surface area contributed by atoms with E-state index in [1.54, 1.807) is 24.1 Å². The van der Waals surface area contributed by atoms with Gasteiger partial charge in [-0.1, -0.05) is 0 Å². The van der Waals surface area contributed by atoms with Gasteiger partial charge in [-0.3, -0.25) is 14.5 Å². The van der Waals surface area contributed by atoms with Crippen molar-refractivity contribution in [2.24, 2.45) is 7.05 Å². The van der Waals surface area contributed by atoms with Gasteiger partial charge in [0.1, 0.15) is 5.75 Å². The molecule has 1 saturated heterocycles. The monoisotopic (exact) mass is 315 g/mol. The van der Waals surface area contributed by atoms with E-state index in [-0.39, 0.29) is 12.3 Å². The zero-order chi connectivity index (χ0) is 16.2. The van der Waals surface area contributed by atoms with Gasteiger partial charge in [0.2, 0.25) is 5.91 Å². The molecule has 3 rings (SSSR count). The van der Waals surface area contributed by atoms with Crippen molar-refractivity contribution in [2.45, 2.75) is 6.42 Å². The Morgan fingerprint density at radius 3 is 2.74 bits per heavy atom. The highest BCUT2D eigenvalue weighted by atomic mass is 16.5. The smallest absolute Gasteiger partial charge is 0.228 e. The summed E-state index contributed by atoms with van der Waals surface area (Å²) >= 11 is 0. The fourth-order valence-electron chi connectivity index (χ4n) is 2.78. The van der Waals surface area contributed by atoms with Crippen LogP contribution in [-0.4, -0.2) is 58.9 Å². The maximum absolute atomic E-state index is 12.5. The molecular weight excluding hydrogens is 294 g/mol. The molecule has 7 heteroatoms. The lowest BCUT2D eigenvalue weighted by Crippen LogP contribution is -2.49. The molecule has 0 bridgehead atoms. The third-order valence-electron chi connectivity index (χ3n) is 4.08. The molecule has 122 valence electrons. The third-order valence-corrected chi connectivity index (χ3v) is 4.08. The molecule has 1 aliphatic heterocycles. The van der Waals surface area contributed by atoms with Crippen LogP contribution in [0.4, 0.5) is 5.69 Å². The number of anilines is 1. The van der Waals surface area contributed by atoms with Crippen LogP contribution in [0.15, 0.2) is 30.7 Å². The molecule has 0 aromatic carbocycles. The molecule has 0 unspecified atom stereocenters. The van der Waals surface area contributed by atoms with Crippen molar-refractivity contribution in [1.29, 1.82) is 0 Å². The van der Waals surface area contributed by atoms with E-state index in [2.05, 4.69) is 15.0 Å². The molecule has 0 spiro atoms. The summed E-state index contributed by atoms with van der Waals surface area (Å²) in [5, 5.41) is 4.19. The van der Waals surface area contributed by atoms with E-state index in [4.69, 9.17) is 4.74 Å². The van der Waals surface area contributed by atoms with Crippen LogP contribution >= 0.6 is 0 Å². The predicted octanol–water partition coefficient (Wildman–Crippen LogP) is 0.715. The number of piperazine rings is 1. The van der Waals surface area contributed by atoms with Gasteiger partial charge >= 0.3 is 0 Å².